The molecular formula is C17H26N3O3+. The van der Waals surface area contributed by atoms with Crippen LogP contribution in [0.5, 0.6) is 0 Å². The maximum Gasteiger partial charge on any atom is 0.321 e. The van der Waals surface area contributed by atoms with Crippen LogP contribution in [0.2, 0.25) is 0 Å². The Morgan fingerprint density at radius 2 is 2.04 bits per heavy atom. The van der Waals surface area contributed by atoms with Crippen molar-refractivity contribution in [3.8, 4) is 0 Å². The van der Waals surface area contributed by atoms with E-state index in [1.165, 1.54) is 37.0 Å². The molecule has 0 radical (unpaired) electrons. The number of rotatable bonds is 4. The molecule has 2 heterocycles. The van der Waals surface area contributed by atoms with Crippen molar-refractivity contribution in [2.24, 2.45) is 11.8 Å². The number of hydrogen-bond acceptors (Lipinski definition) is 3. The van der Waals surface area contributed by atoms with Crippen molar-refractivity contribution < 1.29 is 18.9 Å². The van der Waals surface area contributed by atoms with Crippen LogP contribution in [0.4, 0.5) is 4.79 Å². The van der Waals surface area contributed by atoms with Crippen molar-refractivity contribution in [3.05, 3.63) is 24.2 Å². The van der Waals surface area contributed by atoms with Crippen molar-refractivity contribution in [2.75, 3.05) is 19.6 Å². The van der Waals surface area contributed by atoms with Crippen LogP contribution in [-0.2, 0) is 11.3 Å². The molecule has 3 amide bonds. The summed E-state index contributed by atoms with van der Waals surface area (Å²) in [7, 11) is 0. The van der Waals surface area contributed by atoms with Gasteiger partial charge in [-0.05, 0) is 37.3 Å². The summed E-state index contributed by atoms with van der Waals surface area (Å²) < 4.78 is 5.13. The third-order valence-corrected chi connectivity index (χ3v) is 5.15. The second-order valence-corrected chi connectivity index (χ2v) is 6.78. The zero-order valence-corrected chi connectivity index (χ0v) is 13.5. The Labute approximate surface area is 136 Å². The first-order chi connectivity index (χ1) is 11.2. The molecule has 23 heavy (non-hydrogen) atoms. The van der Waals surface area contributed by atoms with Crippen LogP contribution in [0.3, 0.4) is 0 Å². The number of nitrogens with one attached hydrogen (secondary N) is 3. The first-order valence-corrected chi connectivity index (χ1v) is 8.64. The summed E-state index contributed by atoms with van der Waals surface area (Å²) in [6.45, 7) is 2.79. The highest BCUT2D eigenvalue weighted by atomic mass is 16.3. The van der Waals surface area contributed by atoms with Crippen molar-refractivity contribution in [1.82, 2.24) is 10.6 Å². The number of carbonyl (C=O) groups is 2. The number of piperidine rings is 1. The van der Waals surface area contributed by atoms with E-state index in [1.54, 1.807) is 18.4 Å². The quantitative estimate of drug-likeness (QED) is 0.764. The van der Waals surface area contributed by atoms with E-state index in [2.05, 4.69) is 10.6 Å². The molecule has 1 unspecified atom stereocenters. The first-order valence-electron chi connectivity index (χ1n) is 8.64. The van der Waals surface area contributed by atoms with E-state index in [0.717, 1.165) is 24.9 Å². The largest absolute Gasteiger partial charge is 0.467 e. The minimum Gasteiger partial charge on any atom is -0.467 e. The molecule has 0 aromatic carbocycles. The number of imide groups is 1. The average molecular weight is 320 g/mol. The number of carbonyl (C=O) groups excluding carboxylic acids is 2. The molecule has 0 bridgehead atoms. The minimum absolute atomic E-state index is 0.203. The van der Waals surface area contributed by atoms with Crippen LogP contribution in [-0.4, -0.2) is 31.6 Å². The topological polar surface area (TPSA) is 75.8 Å². The maximum absolute atomic E-state index is 12.0. The lowest BCUT2D eigenvalue weighted by Gasteiger charge is -2.38. The lowest BCUT2D eigenvalue weighted by atomic mass is 9.75. The van der Waals surface area contributed by atoms with Gasteiger partial charge in [0.05, 0.1) is 25.9 Å². The summed E-state index contributed by atoms with van der Waals surface area (Å²) in [4.78, 5) is 25.1. The fraction of sp³-hybridized carbons (Fsp3) is 0.647. The van der Waals surface area contributed by atoms with Gasteiger partial charge in [-0.3, -0.25) is 10.1 Å². The van der Waals surface area contributed by atoms with Crippen LogP contribution in [0.25, 0.3) is 0 Å². The van der Waals surface area contributed by atoms with Crippen LogP contribution in [0, 0.1) is 11.8 Å². The number of amides is 3. The van der Waals surface area contributed by atoms with Gasteiger partial charge in [0.2, 0.25) is 0 Å². The molecule has 1 aromatic rings. The molecule has 1 aliphatic carbocycles. The molecule has 2 fully saturated rings. The second-order valence-electron chi connectivity index (χ2n) is 6.78. The van der Waals surface area contributed by atoms with Crippen LogP contribution in [0.1, 0.15) is 37.9 Å². The number of furan rings is 1. The Bertz CT molecular complexity index is 529. The molecule has 0 spiro atoms. The molecule has 1 aliphatic heterocycles. The van der Waals surface area contributed by atoms with Gasteiger partial charge in [0.15, 0.2) is 6.54 Å². The summed E-state index contributed by atoms with van der Waals surface area (Å²) in [6, 6.07) is 3.08. The van der Waals surface area contributed by atoms with E-state index in [9.17, 15) is 9.59 Å². The Balaban J connectivity index is 1.38. The van der Waals surface area contributed by atoms with Gasteiger partial charge < -0.3 is 14.6 Å². The molecule has 6 nitrogen and oxygen atoms in total. The van der Waals surface area contributed by atoms with Crippen LogP contribution < -0.4 is 15.5 Å². The zero-order valence-electron chi connectivity index (χ0n) is 13.5. The van der Waals surface area contributed by atoms with E-state index >= 15 is 0 Å². The average Bonchev–Trinajstić information content (AvgIpc) is 3.06. The van der Waals surface area contributed by atoms with E-state index in [-0.39, 0.29) is 12.5 Å². The van der Waals surface area contributed by atoms with Crippen molar-refractivity contribution in [3.63, 3.8) is 0 Å². The second kappa shape index (κ2) is 7.64. The Morgan fingerprint density at radius 3 is 2.83 bits per heavy atom. The molecule has 2 aliphatic rings. The number of hydrogen-bond donors (Lipinski definition) is 3. The number of quaternary nitrogens is 1. The van der Waals surface area contributed by atoms with E-state index in [1.807, 2.05) is 0 Å². The van der Waals surface area contributed by atoms with Gasteiger partial charge in [0.25, 0.3) is 5.91 Å². The number of fused-ring (bicyclic) bond motifs is 1. The van der Waals surface area contributed by atoms with Crippen LogP contribution >= 0.6 is 0 Å². The van der Waals surface area contributed by atoms with Gasteiger partial charge in [-0.1, -0.05) is 12.8 Å². The van der Waals surface area contributed by atoms with E-state index in [4.69, 9.17) is 4.42 Å². The van der Waals surface area contributed by atoms with Gasteiger partial charge in [0.1, 0.15) is 5.76 Å². The first kappa shape index (κ1) is 16.1. The lowest BCUT2D eigenvalue weighted by molar-refractivity contribution is -0.902. The number of likely N-dealkylation sites (tertiary alicyclic amines) is 1. The Kier molecular flexibility index (Phi) is 5.33. The lowest BCUT2D eigenvalue weighted by Crippen LogP contribution is -3.15. The van der Waals surface area contributed by atoms with E-state index in [0.29, 0.717) is 12.3 Å². The molecule has 3 rings (SSSR count). The standard InChI is InChI=1S/C17H25N3O3/c21-16(19-17(22)18-10-15-6-3-9-23-15)12-20-8-7-13-4-1-2-5-14(13)11-20/h3,6,9,13-14H,1-2,4-5,7-8,10-12H2,(H2,18,19,21,22)/p+1/t13-,14+/m0/s1. The summed E-state index contributed by atoms with van der Waals surface area (Å²) in [5.74, 6) is 2.10. The monoisotopic (exact) mass is 320 g/mol. The van der Waals surface area contributed by atoms with Crippen molar-refractivity contribution in [2.45, 2.75) is 38.6 Å². The van der Waals surface area contributed by atoms with E-state index < -0.39 is 6.03 Å². The van der Waals surface area contributed by atoms with Gasteiger partial charge in [0, 0.05) is 5.92 Å². The summed E-state index contributed by atoms with van der Waals surface area (Å²) in [5, 5.41) is 5.03. The Hall–Kier alpha value is -1.82. The fourth-order valence-corrected chi connectivity index (χ4v) is 3.98. The molecule has 1 saturated carbocycles. The normalized spacial score (nSPS) is 27.0. The van der Waals surface area contributed by atoms with Crippen molar-refractivity contribution >= 4 is 11.9 Å². The smallest absolute Gasteiger partial charge is 0.321 e. The van der Waals surface area contributed by atoms with Gasteiger partial charge in [-0.15, -0.1) is 0 Å². The molecule has 3 atom stereocenters. The zero-order chi connectivity index (χ0) is 16.1. The summed E-state index contributed by atoms with van der Waals surface area (Å²) in [6.07, 6.45) is 8.14. The third-order valence-electron chi connectivity index (χ3n) is 5.15. The maximum atomic E-state index is 12.0. The highest BCUT2D eigenvalue weighted by Gasteiger charge is 2.34. The predicted molar refractivity (Wildman–Crippen MR) is 84.7 cm³/mol. The van der Waals surface area contributed by atoms with Crippen molar-refractivity contribution in [1.29, 1.82) is 0 Å². The van der Waals surface area contributed by atoms with Gasteiger partial charge in [-0.25, -0.2) is 4.79 Å². The minimum atomic E-state index is -0.460. The third kappa shape index (κ3) is 4.58. The Morgan fingerprint density at radius 1 is 1.22 bits per heavy atom. The molecule has 6 heteroatoms. The highest BCUT2D eigenvalue weighted by molar-refractivity contribution is 5.94. The highest BCUT2D eigenvalue weighted by Crippen LogP contribution is 2.32. The van der Waals surface area contributed by atoms with Gasteiger partial charge >= 0.3 is 6.03 Å². The van der Waals surface area contributed by atoms with Crippen LogP contribution in [0.15, 0.2) is 22.8 Å². The van der Waals surface area contributed by atoms with Gasteiger partial charge in [-0.2, -0.15) is 0 Å². The number of urea groups is 1. The molecular weight excluding hydrogens is 294 g/mol. The summed E-state index contributed by atoms with van der Waals surface area (Å²) in [5.41, 5.74) is 0. The molecule has 1 aromatic heterocycles. The SMILES string of the molecule is O=C(C[NH+]1CC[C@@H]2CCCC[C@@H]2C1)NC(=O)NCc1ccco1. The molecule has 126 valence electrons. The predicted octanol–water partition coefficient (Wildman–Crippen LogP) is 0.700. The summed E-state index contributed by atoms with van der Waals surface area (Å²) >= 11 is 0. The molecule has 1 saturated heterocycles. The molecule has 3 N–H and O–H groups in total. The fourth-order valence-electron chi connectivity index (χ4n) is 3.98.